The number of carbonyl (C=O) groups excluding carboxylic acids is 1. The largest absolute Gasteiger partial charge is 0.394 e. The third-order valence-electron chi connectivity index (χ3n) is 1.87. The molecule has 6 nitrogen and oxygen atoms in total. The molecule has 0 heterocycles. The molecule has 0 spiro atoms. The highest BCUT2D eigenvalue weighted by atomic mass is 16.5. The van der Waals surface area contributed by atoms with Gasteiger partial charge in [-0.15, -0.1) is 0 Å². The lowest BCUT2D eigenvalue weighted by molar-refractivity contribution is -0.123. The van der Waals surface area contributed by atoms with Crippen molar-refractivity contribution in [3.05, 3.63) is 0 Å². The van der Waals surface area contributed by atoms with Gasteiger partial charge < -0.3 is 25.6 Å². The maximum atomic E-state index is 11.3. The van der Waals surface area contributed by atoms with Crippen LogP contribution in [-0.2, 0) is 9.53 Å². The molecule has 0 saturated heterocycles. The summed E-state index contributed by atoms with van der Waals surface area (Å²) in [5.41, 5.74) is 0. The Bertz CT molecular complexity index is 177. The van der Waals surface area contributed by atoms with Gasteiger partial charge in [-0.25, -0.2) is 0 Å². The Kier molecular flexibility index (Phi) is 8.21. The Labute approximate surface area is 89.6 Å². The predicted molar refractivity (Wildman–Crippen MR) is 55.4 cm³/mol. The minimum atomic E-state index is -0.834. The van der Waals surface area contributed by atoms with E-state index in [2.05, 4.69) is 10.6 Å². The standard InChI is InChI=1S/C9H20N2O4/c1-7(11-5-8(13)6-12)9(14)10-3-4-15-2/h7-8,11-13H,3-6H2,1-2H3,(H,10,14)/t7?,8-/m0/s1. The van der Waals surface area contributed by atoms with Crippen LogP contribution in [0.4, 0.5) is 0 Å². The number of nitrogens with one attached hydrogen (secondary N) is 2. The number of ether oxygens (including phenoxy) is 1. The van der Waals surface area contributed by atoms with Gasteiger partial charge in [-0.1, -0.05) is 0 Å². The predicted octanol–water partition coefficient (Wildman–Crippen LogP) is -1.92. The molecule has 1 amide bonds. The number of hydrogen-bond acceptors (Lipinski definition) is 5. The Morgan fingerprint density at radius 2 is 2.20 bits per heavy atom. The highest BCUT2D eigenvalue weighted by Gasteiger charge is 2.12. The maximum absolute atomic E-state index is 11.3. The molecule has 4 N–H and O–H groups in total. The van der Waals surface area contributed by atoms with E-state index in [9.17, 15) is 4.79 Å². The molecule has 15 heavy (non-hydrogen) atoms. The summed E-state index contributed by atoms with van der Waals surface area (Å²) in [6, 6.07) is -0.400. The molecular formula is C9H20N2O4. The van der Waals surface area contributed by atoms with E-state index in [1.54, 1.807) is 14.0 Å². The maximum Gasteiger partial charge on any atom is 0.236 e. The van der Waals surface area contributed by atoms with Gasteiger partial charge in [0.25, 0.3) is 0 Å². The zero-order chi connectivity index (χ0) is 11.7. The summed E-state index contributed by atoms with van der Waals surface area (Å²) in [5, 5.41) is 23.0. The fourth-order valence-corrected chi connectivity index (χ4v) is 0.899. The third-order valence-corrected chi connectivity index (χ3v) is 1.87. The molecule has 0 aliphatic carbocycles. The SMILES string of the molecule is COCCNC(=O)C(C)NC[C@H](O)CO. The third kappa shape index (κ3) is 7.26. The first-order valence-electron chi connectivity index (χ1n) is 4.90. The zero-order valence-corrected chi connectivity index (χ0v) is 9.19. The van der Waals surface area contributed by atoms with Crippen LogP contribution in [-0.4, -0.2) is 61.7 Å². The van der Waals surface area contributed by atoms with E-state index in [0.717, 1.165) is 0 Å². The number of carbonyl (C=O) groups is 1. The van der Waals surface area contributed by atoms with Crippen molar-refractivity contribution in [2.24, 2.45) is 0 Å². The van der Waals surface area contributed by atoms with E-state index in [1.807, 2.05) is 0 Å². The zero-order valence-electron chi connectivity index (χ0n) is 9.19. The molecule has 0 aliphatic heterocycles. The number of aliphatic hydroxyl groups is 2. The highest BCUT2D eigenvalue weighted by Crippen LogP contribution is 1.84. The first kappa shape index (κ1) is 14.3. The van der Waals surface area contributed by atoms with E-state index in [-0.39, 0.29) is 19.1 Å². The van der Waals surface area contributed by atoms with Gasteiger partial charge in [0.1, 0.15) is 0 Å². The molecule has 0 aromatic heterocycles. The normalized spacial score (nSPS) is 14.7. The van der Waals surface area contributed by atoms with Crippen LogP contribution in [0, 0.1) is 0 Å². The summed E-state index contributed by atoms with van der Waals surface area (Å²) in [6.45, 7) is 2.49. The van der Waals surface area contributed by atoms with Crippen molar-refractivity contribution >= 4 is 5.91 Å². The first-order chi connectivity index (χ1) is 7.11. The van der Waals surface area contributed by atoms with Crippen LogP contribution < -0.4 is 10.6 Å². The topological polar surface area (TPSA) is 90.8 Å². The van der Waals surface area contributed by atoms with E-state index >= 15 is 0 Å². The van der Waals surface area contributed by atoms with E-state index < -0.39 is 12.1 Å². The summed E-state index contributed by atoms with van der Waals surface area (Å²) < 4.78 is 4.78. The smallest absolute Gasteiger partial charge is 0.236 e. The number of aliphatic hydroxyl groups excluding tert-OH is 2. The molecule has 2 atom stereocenters. The number of methoxy groups -OCH3 is 1. The molecule has 0 aromatic rings. The Hall–Kier alpha value is -0.690. The Morgan fingerprint density at radius 1 is 1.53 bits per heavy atom. The molecule has 90 valence electrons. The molecule has 0 fully saturated rings. The summed E-state index contributed by atoms with van der Waals surface area (Å²) in [6.07, 6.45) is -0.834. The molecule has 0 radical (unpaired) electrons. The lowest BCUT2D eigenvalue weighted by atomic mass is 10.3. The number of rotatable bonds is 8. The van der Waals surface area contributed by atoms with E-state index in [0.29, 0.717) is 13.2 Å². The molecule has 0 aliphatic rings. The average Bonchev–Trinajstić information content (AvgIpc) is 2.25. The van der Waals surface area contributed by atoms with Gasteiger partial charge in [0.15, 0.2) is 0 Å². The lowest BCUT2D eigenvalue weighted by Crippen LogP contribution is -2.46. The van der Waals surface area contributed by atoms with Gasteiger partial charge in [0, 0.05) is 20.2 Å². The molecule has 0 rings (SSSR count). The van der Waals surface area contributed by atoms with Crippen molar-refractivity contribution < 1.29 is 19.7 Å². The van der Waals surface area contributed by atoms with Gasteiger partial charge in [0.2, 0.25) is 5.91 Å². The van der Waals surface area contributed by atoms with Crippen molar-refractivity contribution in [3.8, 4) is 0 Å². The molecular weight excluding hydrogens is 200 g/mol. The molecule has 0 bridgehead atoms. The fourth-order valence-electron chi connectivity index (χ4n) is 0.899. The van der Waals surface area contributed by atoms with Crippen LogP contribution in [0.15, 0.2) is 0 Å². The number of hydrogen-bond donors (Lipinski definition) is 4. The molecule has 1 unspecified atom stereocenters. The quantitative estimate of drug-likeness (QED) is 0.358. The van der Waals surface area contributed by atoms with Crippen LogP contribution in [0.25, 0.3) is 0 Å². The summed E-state index contributed by atoms with van der Waals surface area (Å²) >= 11 is 0. The van der Waals surface area contributed by atoms with Gasteiger partial charge in [-0.3, -0.25) is 4.79 Å². The molecule has 0 aromatic carbocycles. The van der Waals surface area contributed by atoms with Crippen LogP contribution in [0.5, 0.6) is 0 Å². The first-order valence-corrected chi connectivity index (χ1v) is 4.90. The van der Waals surface area contributed by atoms with Crippen molar-refractivity contribution in [2.45, 2.75) is 19.1 Å². The van der Waals surface area contributed by atoms with Crippen molar-refractivity contribution in [1.82, 2.24) is 10.6 Å². The van der Waals surface area contributed by atoms with Crippen LogP contribution in [0.1, 0.15) is 6.92 Å². The second-order valence-electron chi connectivity index (χ2n) is 3.25. The molecule has 0 saturated carbocycles. The van der Waals surface area contributed by atoms with Crippen LogP contribution in [0.3, 0.4) is 0 Å². The second-order valence-corrected chi connectivity index (χ2v) is 3.25. The monoisotopic (exact) mass is 220 g/mol. The van der Waals surface area contributed by atoms with Gasteiger partial charge >= 0.3 is 0 Å². The fraction of sp³-hybridized carbons (Fsp3) is 0.889. The lowest BCUT2D eigenvalue weighted by Gasteiger charge is -2.15. The van der Waals surface area contributed by atoms with Crippen LogP contribution >= 0.6 is 0 Å². The van der Waals surface area contributed by atoms with E-state index in [1.165, 1.54) is 0 Å². The van der Waals surface area contributed by atoms with E-state index in [4.69, 9.17) is 14.9 Å². The number of amides is 1. The summed E-state index contributed by atoms with van der Waals surface area (Å²) in [5.74, 6) is -0.155. The Morgan fingerprint density at radius 3 is 2.73 bits per heavy atom. The van der Waals surface area contributed by atoms with Crippen molar-refractivity contribution in [1.29, 1.82) is 0 Å². The second kappa shape index (κ2) is 8.60. The van der Waals surface area contributed by atoms with Gasteiger partial charge in [-0.2, -0.15) is 0 Å². The summed E-state index contributed by atoms with van der Waals surface area (Å²) in [7, 11) is 1.56. The van der Waals surface area contributed by atoms with Gasteiger partial charge in [-0.05, 0) is 6.92 Å². The minimum absolute atomic E-state index is 0.155. The minimum Gasteiger partial charge on any atom is -0.394 e. The Balaban J connectivity index is 3.60. The van der Waals surface area contributed by atoms with Crippen LogP contribution in [0.2, 0.25) is 0 Å². The van der Waals surface area contributed by atoms with Gasteiger partial charge in [0.05, 0.1) is 25.4 Å². The molecule has 6 heteroatoms. The van der Waals surface area contributed by atoms with Crippen molar-refractivity contribution in [2.75, 3.05) is 33.4 Å². The van der Waals surface area contributed by atoms with Crippen molar-refractivity contribution in [3.63, 3.8) is 0 Å². The highest BCUT2D eigenvalue weighted by molar-refractivity contribution is 5.81. The average molecular weight is 220 g/mol. The summed E-state index contributed by atoms with van der Waals surface area (Å²) in [4.78, 5) is 11.3.